The number of aliphatic hydroxyl groups excluding tert-OH is 1. The molecule has 1 amide bonds. The number of hydrogen-bond donors (Lipinski definition) is 2. The van der Waals surface area contributed by atoms with Gasteiger partial charge in [-0.3, -0.25) is 4.79 Å². The number of benzene rings is 1. The quantitative estimate of drug-likeness (QED) is 0.827. The van der Waals surface area contributed by atoms with Crippen LogP contribution in [0.3, 0.4) is 0 Å². The fraction of sp³-hybridized carbons (Fsp3) is 0.286. The van der Waals surface area contributed by atoms with Crippen molar-refractivity contribution in [1.82, 2.24) is 9.55 Å². The number of amides is 1. The third-order valence-corrected chi connectivity index (χ3v) is 4.20. The zero-order valence-electron chi connectivity index (χ0n) is 12.0. The van der Waals surface area contributed by atoms with E-state index >= 15 is 0 Å². The summed E-state index contributed by atoms with van der Waals surface area (Å²) in [6.45, 7) is 1.53. The molecule has 0 radical (unpaired) electrons. The number of rotatable bonds is 5. The lowest BCUT2D eigenvalue weighted by Crippen LogP contribution is -2.23. The summed E-state index contributed by atoms with van der Waals surface area (Å²) in [5.41, 5.74) is 0.822. The Labute approximate surface area is 130 Å². The zero-order chi connectivity index (χ0) is 16.3. The maximum atomic E-state index is 13.1. The van der Waals surface area contributed by atoms with Gasteiger partial charge in [-0.2, -0.15) is 0 Å². The topological polar surface area (TPSA) is 67.2 Å². The number of aromatic nitrogens is 2. The van der Waals surface area contributed by atoms with E-state index in [2.05, 4.69) is 10.3 Å². The van der Waals surface area contributed by atoms with Gasteiger partial charge in [0.2, 0.25) is 5.91 Å². The van der Waals surface area contributed by atoms with Gasteiger partial charge in [0, 0.05) is 18.8 Å². The van der Waals surface area contributed by atoms with Crippen LogP contribution in [0, 0.1) is 11.6 Å². The zero-order valence-corrected chi connectivity index (χ0v) is 12.8. The third kappa shape index (κ3) is 3.63. The van der Waals surface area contributed by atoms with E-state index in [-0.39, 0.29) is 18.2 Å². The molecule has 0 saturated carbocycles. The Morgan fingerprint density at radius 2 is 2.18 bits per heavy atom. The molecule has 0 fully saturated rings. The third-order valence-electron chi connectivity index (χ3n) is 3.04. The number of anilines is 1. The van der Waals surface area contributed by atoms with Crippen LogP contribution in [-0.4, -0.2) is 25.8 Å². The number of hydrogen-bond acceptors (Lipinski definition) is 4. The predicted octanol–water partition coefficient (Wildman–Crippen LogP) is 2.31. The van der Waals surface area contributed by atoms with Crippen molar-refractivity contribution in [3.8, 4) is 0 Å². The average molecular weight is 327 g/mol. The molecule has 1 aromatic carbocycles. The molecule has 0 saturated heterocycles. The van der Waals surface area contributed by atoms with E-state index in [1.165, 1.54) is 24.0 Å². The number of nitrogens with zero attached hydrogens (tertiary/aromatic N) is 2. The van der Waals surface area contributed by atoms with Gasteiger partial charge in [-0.1, -0.05) is 11.8 Å². The number of thioether (sulfide) groups is 1. The first-order chi connectivity index (χ1) is 10.4. The average Bonchev–Trinajstić information content (AvgIpc) is 2.83. The highest BCUT2D eigenvalue weighted by Crippen LogP contribution is 2.24. The van der Waals surface area contributed by atoms with Gasteiger partial charge in [0.05, 0.1) is 23.7 Å². The number of nitrogens with one attached hydrogen (secondary N) is 1. The van der Waals surface area contributed by atoms with Crippen LogP contribution in [0.25, 0.3) is 0 Å². The maximum absolute atomic E-state index is 13.1. The van der Waals surface area contributed by atoms with Gasteiger partial charge in [-0.05, 0) is 19.1 Å². The van der Waals surface area contributed by atoms with Gasteiger partial charge < -0.3 is 15.0 Å². The number of imidazole rings is 1. The molecular weight excluding hydrogens is 312 g/mol. The summed E-state index contributed by atoms with van der Waals surface area (Å²) in [7, 11) is 1.74. The second-order valence-electron chi connectivity index (χ2n) is 4.63. The second-order valence-corrected chi connectivity index (χ2v) is 5.94. The summed E-state index contributed by atoms with van der Waals surface area (Å²) in [6.07, 6.45) is 1.53. The molecular formula is C14H15F2N3O2S. The Balaban J connectivity index is 2.02. The molecule has 1 atom stereocenters. The summed E-state index contributed by atoms with van der Waals surface area (Å²) in [4.78, 5) is 16.2. The van der Waals surface area contributed by atoms with E-state index < -0.39 is 16.9 Å². The summed E-state index contributed by atoms with van der Waals surface area (Å²) >= 11 is 1.20. The van der Waals surface area contributed by atoms with E-state index in [9.17, 15) is 13.6 Å². The van der Waals surface area contributed by atoms with Crippen molar-refractivity contribution in [3.63, 3.8) is 0 Å². The molecule has 2 rings (SSSR count). The molecule has 5 nitrogen and oxygen atoms in total. The van der Waals surface area contributed by atoms with Gasteiger partial charge in [-0.15, -0.1) is 0 Å². The van der Waals surface area contributed by atoms with Crippen LogP contribution >= 0.6 is 11.8 Å². The van der Waals surface area contributed by atoms with Crippen LogP contribution < -0.4 is 5.32 Å². The van der Waals surface area contributed by atoms with Crippen LogP contribution in [0.4, 0.5) is 14.5 Å². The molecule has 1 heterocycles. The van der Waals surface area contributed by atoms with Gasteiger partial charge in [0.25, 0.3) is 0 Å². The van der Waals surface area contributed by atoms with Crippen molar-refractivity contribution in [2.24, 2.45) is 7.05 Å². The first kappa shape index (κ1) is 16.4. The molecule has 2 N–H and O–H groups in total. The Bertz CT molecular complexity index is 691. The first-order valence-corrected chi connectivity index (χ1v) is 7.34. The lowest BCUT2D eigenvalue weighted by atomic mass is 10.3. The van der Waals surface area contributed by atoms with Crippen molar-refractivity contribution in [2.45, 2.75) is 23.9 Å². The Hall–Kier alpha value is -1.93. The van der Waals surface area contributed by atoms with E-state index in [0.29, 0.717) is 10.9 Å². The second kappa shape index (κ2) is 6.89. The number of halogens is 2. The predicted molar refractivity (Wildman–Crippen MR) is 79.4 cm³/mol. The van der Waals surface area contributed by atoms with Crippen molar-refractivity contribution in [3.05, 3.63) is 41.7 Å². The normalized spacial score (nSPS) is 12.2. The van der Waals surface area contributed by atoms with Gasteiger partial charge in [0.1, 0.15) is 0 Å². The first-order valence-electron chi connectivity index (χ1n) is 6.46. The molecule has 22 heavy (non-hydrogen) atoms. The fourth-order valence-electron chi connectivity index (χ4n) is 1.71. The highest BCUT2D eigenvalue weighted by molar-refractivity contribution is 8.00. The summed E-state index contributed by atoms with van der Waals surface area (Å²) in [5.74, 6) is -2.34. The summed E-state index contributed by atoms with van der Waals surface area (Å²) in [5, 5.41) is 11.7. The maximum Gasteiger partial charge on any atom is 0.237 e. The minimum atomic E-state index is -1.02. The monoisotopic (exact) mass is 327 g/mol. The standard InChI is InChI=1S/C14H15F2N3O2S/c1-8(22-14-17-6-10(7-20)19(14)2)13(21)18-9-3-4-11(15)12(16)5-9/h3-6,8,20H,7H2,1-2H3,(H,18,21). The van der Waals surface area contributed by atoms with Gasteiger partial charge in [-0.25, -0.2) is 13.8 Å². The highest BCUT2D eigenvalue weighted by Gasteiger charge is 2.18. The van der Waals surface area contributed by atoms with Crippen molar-refractivity contribution >= 4 is 23.4 Å². The van der Waals surface area contributed by atoms with Crippen LogP contribution in [0.1, 0.15) is 12.6 Å². The van der Waals surface area contributed by atoms with Crippen molar-refractivity contribution in [1.29, 1.82) is 0 Å². The molecule has 0 aliphatic heterocycles. The van der Waals surface area contributed by atoms with E-state index in [0.717, 1.165) is 12.1 Å². The lowest BCUT2D eigenvalue weighted by molar-refractivity contribution is -0.115. The van der Waals surface area contributed by atoms with Crippen LogP contribution in [-0.2, 0) is 18.4 Å². The van der Waals surface area contributed by atoms with Crippen LogP contribution in [0.15, 0.2) is 29.6 Å². The van der Waals surface area contributed by atoms with Crippen molar-refractivity contribution < 1.29 is 18.7 Å². The molecule has 0 aliphatic carbocycles. The number of carbonyl (C=O) groups is 1. The minimum Gasteiger partial charge on any atom is -0.390 e. The Morgan fingerprint density at radius 1 is 1.45 bits per heavy atom. The van der Waals surface area contributed by atoms with Gasteiger partial charge >= 0.3 is 0 Å². The molecule has 8 heteroatoms. The largest absolute Gasteiger partial charge is 0.390 e. The van der Waals surface area contributed by atoms with E-state index in [1.807, 2.05) is 0 Å². The number of carbonyl (C=O) groups excluding carboxylic acids is 1. The molecule has 0 spiro atoms. The van der Waals surface area contributed by atoms with E-state index in [1.54, 1.807) is 18.5 Å². The van der Waals surface area contributed by atoms with Gasteiger partial charge in [0.15, 0.2) is 16.8 Å². The van der Waals surface area contributed by atoms with Crippen LogP contribution in [0.2, 0.25) is 0 Å². The Morgan fingerprint density at radius 3 is 2.77 bits per heavy atom. The molecule has 118 valence electrons. The number of aliphatic hydroxyl groups is 1. The lowest BCUT2D eigenvalue weighted by Gasteiger charge is -2.12. The summed E-state index contributed by atoms with van der Waals surface area (Å²) < 4.78 is 27.6. The SMILES string of the molecule is CC(Sc1ncc(CO)n1C)C(=O)Nc1ccc(F)c(F)c1. The molecule has 2 aromatic rings. The molecule has 0 aliphatic rings. The molecule has 1 aromatic heterocycles. The van der Waals surface area contributed by atoms with Crippen molar-refractivity contribution in [2.75, 3.05) is 5.32 Å². The smallest absolute Gasteiger partial charge is 0.237 e. The van der Waals surface area contributed by atoms with E-state index in [4.69, 9.17) is 5.11 Å². The molecule has 0 bridgehead atoms. The van der Waals surface area contributed by atoms with Crippen LogP contribution in [0.5, 0.6) is 0 Å². The fourth-order valence-corrected chi connectivity index (χ4v) is 2.58. The summed E-state index contributed by atoms with van der Waals surface area (Å²) in [6, 6.07) is 3.17. The minimum absolute atomic E-state index is 0.139. The molecule has 1 unspecified atom stereocenters. The highest BCUT2D eigenvalue weighted by atomic mass is 32.2. The Kier molecular flexibility index (Phi) is 5.15.